The van der Waals surface area contributed by atoms with Gasteiger partial charge in [-0.25, -0.2) is 8.42 Å². The molecule has 0 heterocycles. The van der Waals surface area contributed by atoms with E-state index >= 15 is 0 Å². The summed E-state index contributed by atoms with van der Waals surface area (Å²) in [5.41, 5.74) is 0.287. The smallest absolute Gasteiger partial charge is 0.359 e. The van der Waals surface area contributed by atoms with Crippen LogP contribution in [-0.2, 0) is 19.6 Å². The number of halogens is 4. The Labute approximate surface area is 136 Å². The van der Waals surface area contributed by atoms with Gasteiger partial charge in [0.25, 0.3) is 5.91 Å². The summed E-state index contributed by atoms with van der Waals surface area (Å²) >= 11 is 5.86. The molecule has 1 atom stereocenters. The molecule has 2 N–H and O–H groups in total. The summed E-state index contributed by atoms with van der Waals surface area (Å²) in [5.74, 6) is -0.797. The van der Waals surface area contributed by atoms with Crippen molar-refractivity contribution < 1.29 is 31.1 Å². The minimum atomic E-state index is -4.53. The second-order valence-corrected chi connectivity index (χ2v) is 6.78. The number of rotatable bonds is 6. The van der Waals surface area contributed by atoms with Gasteiger partial charge in [0.05, 0.1) is 17.0 Å². The van der Waals surface area contributed by atoms with Crippen LogP contribution in [0.2, 0.25) is 5.02 Å². The van der Waals surface area contributed by atoms with Crippen LogP contribution in [0.1, 0.15) is 6.92 Å². The molecule has 6 nitrogen and oxygen atoms in total. The summed E-state index contributed by atoms with van der Waals surface area (Å²) in [7, 11) is -3.52. The highest BCUT2D eigenvalue weighted by Gasteiger charge is 2.29. The molecule has 0 aliphatic heterocycles. The summed E-state index contributed by atoms with van der Waals surface area (Å²) in [5, 5.41) is 2.33. The van der Waals surface area contributed by atoms with Crippen molar-refractivity contribution in [1.29, 1.82) is 0 Å². The number of carbonyl (C=O) groups excluding carboxylic acids is 1. The van der Waals surface area contributed by atoms with E-state index < -0.39 is 34.8 Å². The lowest BCUT2D eigenvalue weighted by atomic mass is 10.2. The van der Waals surface area contributed by atoms with Crippen LogP contribution < -0.4 is 10.0 Å². The van der Waals surface area contributed by atoms with Crippen molar-refractivity contribution in [1.82, 2.24) is 0 Å². The Morgan fingerprint density at radius 3 is 2.48 bits per heavy atom. The van der Waals surface area contributed by atoms with Gasteiger partial charge >= 0.3 is 6.18 Å². The van der Waals surface area contributed by atoms with E-state index in [0.29, 0.717) is 0 Å². The number of hydrogen-bond donors (Lipinski definition) is 2. The maximum absolute atomic E-state index is 12.0. The normalized spacial score (nSPS) is 13.5. The molecule has 0 radical (unpaired) electrons. The van der Waals surface area contributed by atoms with E-state index in [1.165, 1.54) is 25.1 Å². The van der Waals surface area contributed by atoms with E-state index in [9.17, 15) is 26.4 Å². The first kappa shape index (κ1) is 19.5. The van der Waals surface area contributed by atoms with Gasteiger partial charge in [0.15, 0.2) is 0 Å². The predicted molar refractivity (Wildman–Crippen MR) is 80.0 cm³/mol. The van der Waals surface area contributed by atoms with E-state index in [1.54, 1.807) is 0 Å². The maximum Gasteiger partial charge on any atom is 0.411 e. The standard InChI is InChI=1S/C12H14ClF3N2O4S/c1-7(22-6-12(14,15)16)11(19)17-8-3-4-10(9(13)5-8)18-23(2,20)21/h3-5,7,18H,6H2,1-2H3,(H,17,19). The summed E-state index contributed by atoms with van der Waals surface area (Å²) in [4.78, 5) is 11.7. The van der Waals surface area contributed by atoms with Gasteiger partial charge in [-0.15, -0.1) is 0 Å². The molecule has 0 saturated carbocycles. The van der Waals surface area contributed by atoms with Gasteiger partial charge < -0.3 is 10.1 Å². The van der Waals surface area contributed by atoms with Gasteiger partial charge in [-0.1, -0.05) is 11.6 Å². The molecule has 0 fully saturated rings. The van der Waals surface area contributed by atoms with E-state index in [-0.39, 0.29) is 16.4 Å². The number of hydrogen-bond acceptors (Lipinski definition) is 4. The zero-order valence-corrected chi connectivity index (χ0v) is 13.6. The second-order valence-electron chi connectivity index (χ2n) is 4.63. The van der Waals surface area contributed by atoms with Crippen molar-refractivity contribution in [2.75, 3.05) is 22.9 Å². The molecule has 0 aliphatic rings. The van der Waals surface area contributed by atoms with Crippen molar-refractivity contribution in [2.24, 2.45) is 0 Å². The minimum absolute atomic E-state index is 0.0112. The van der Waals surface area contributed by atoms with Crippen molar-refractivity contribution in [3.8, 4) is 0 Å². The van der Waals surface area contributed by atoms with Crippen LogP contribution in [0.4, 0.5) is 24.5 Å². The summed E-state index contributed by atoms with van der Waals surface area (Å²) in [6, 6.07) is 3.90. The monoisotopic (exact) mass is 374 g/mol. The highest BCUT2D eigenvalue weighted by Crippen LogP contribution is 2.26. The fourth-order valence-electron chi connectivity index (χ4n) is 1.41. The fraction of sp³-hybridized carbons (Fsp3) is 0.417. The number of nitrogens with one attached hydrogen (secondary N) is 2. The second kappa shape index (κ2) is 7.37. The van der Waals surface area contributed by atoms with Crippen LogP contribution in [0.5, 0.6) is 0 Å². The molecule has 0 aliphatic carbocycles. The molecule has 23 heavy (non-hydrogen) atoms. The molecule has 1 aromatic carbocycles. The number of anilines is 2. The maximum atomic E-state index is 12.0. The Morgan fingerprint density at radius 2 is 2.00 bits per heavy atom. The van der Waals surface area contributed by atoms with Crippen LogP contribution in [0.25, 0.3) is 0 Å². The third-order valence-corrected chi connectivity index (χ3v) is 3.30. The van der Waals surface area contributed by atoms with Crippen molar-refractivity contribution >= 4 is 38.9 Å². The minimum Gasteiger partial charge on any atom is -0.359 e. The Bertz CT molecular complexity index is 679. The topological polar surface area (TPSA) is 84.5 Å². The lowest BCUT2D eigenvalue weighted by Crippen LogP contribution is -2.31. The SMILES string of the molecule is CC(OCC(F)(F)F)C(=O)Nc1ccc(NS(C)(=O)=O)c(Cl)c1. The van der Waals surface area contributed by atoms with Gasteiger partial charge in [-0.3, -0.25) is 9.52 Å². The van der Waals surface area contributed by atoms with Gasteiger partial charge in [-0.05, 0) is 25.1 Å². The Morgan fingerprint density at radius 1 is 1.39 bits per heavy atom. The van der Waals surface area contributed by atoms with Crippen LogP contribution in [0.3, 0.4) is 0 Å². The number of carbonyl (C=O) groups is 1. The van der Waals surface area contributed by atoms with Crippen LogP contribution in [-0.4, -0.2) is 39.5 Å². The third kappa shape index (κ3) is 7.53. The summed E-state index contributed by atoms with van der Waals surface area (Å²) in [6.45, 7) is -0.373. The van der Waals surface area contributed by atoms with E-state index in [4.69, 9.17) is 11.6 Å². The van der Waals surface area contributed by atoms with Crippen LogP contribution >= 0.6 is 11.6 Å². The molecule has 0 saturated heterocycles. The van der Waals surface area contributed by atoms with E-state index in [0.717, 1.165) is 6.26 Å². The first-order valence-electron chi connectivity index (χ1n) is 6.14. The predicted octanol–water partition coefficient (Wildman–Crippen LogP) is 2.62. The average molecular weight is 375 g/mol. The van der Waals surface area contributed by atoms with Gasteiger partial charge in [0.2, 0.25) is 10.0 Å². The van der Waals surface area contributed by atoms with Crippen molar-refractivity contribution in [3.63, 3.8) is 0 Å². The Hall–Kier alpha value is -1.52. The average Bonchev–Trinajstić information content (AvgIpc) is 2.37. The summed E-state index contributed by atoms with van der Waals surface area (Å²) < 4.78 is 64.8. The van der Waals surface area contributed by atoms with Crippen molar-refractivity contribution in [2.45, 2.75) is 19.2 Å². The first-order valence-corrected chi connectivity index (χ1v) is 8.41. The summed E-state index contributed by atoms with van der Waals surface area (Å²) in [6.07, 6.45) is -4.92. The molecule has 1 amide bonds. The van der Waals surface area contributed by atoms with E-state index in [1.807, 2.05) is 0 Å². The molecule has 0 aromatic heterocycles. The molecule has 1 unspecified atom stereocenters. The van der Waals surface area contributed by atoms with E-state index in [2.05, 4.69) is 14.8 Å². The van der Waals surface area contributed by atoms with Crippen LogP contribution in [0, 0.1) is 0 Å². The van der Waals surface area contributed by atoms with Crippen LogP contribution in [0.15, 0.2) is 18.2 Å². The number of benzene rings is 1. The van der Waals surface area contributed by atoms with Crippen molar-refractivity contribution in [3.05, 3.63) is 23.2 Å². The number of ether oxygens (including phenoxy) is 1. The number of sulfonamides is 1. The molecule has 1 aromatic rings. The highest BCUT2D eigenvalue weighted by atomic mass is 35.5. The lowest BCUT2D eigenvalue weighted by molar-refractivity contribution is -0.184. The molecule has 130 valence electrons. The largest absolute Gasteiger partial charge is 0.411 e. The molecule has 0 bridgehead atoms. The number of amides is 1. The zero-order chi connectivity index (χ0) is 17.8. The molecular weight excluding hydrogens is 361 g/mol. The van der Waals surface area contributed by atoms with Gasteiger partial charge in [-0.2, -0.15) is 13.2 Å². The molecule has 1 rings (SSSR count). The molecule has 0 spiro atoms. The number of alkyl halides is 3. The highest BCUT2D eigenvalue weighted by molar-refractivity contribution is 7.92. The lowest BCUT2D eigenvalue weighted by Gasteiger charge is -2.15. The first-order chi connectivity index (χ1) is 10.4. The molecular formula is C12H14ClF3N2O4S. The Kier molecular flexibility index (Phi) is 6.25. The van der Waals surface area contributed by atoms with Gasteiger partial charge in [0.1, 0.15) is 12.7 Å². The van der Waals surface area contributed by atoms with Gasteiger partial charge in [0, 0.05) is 5.69 Å². The quantitative estimate of drug-likeness (QED) is 0.801. The third-order valence-electron chi connectivity index (χ3n) is 2.40. The fourth-order valence-corrected chi connectivity index (χ4v) is 2.28. The Balaban J connectivity index is 2.70. The molecule has 11 heteroatoms. The zero-order valence-electron chi connectivity index (χ0n) is 12.1.